The highest BCUT2D eigenvalue weighted by molar-refractivity contribution is 6.05. The van der Waals surface area contributed by atoms with Gasteiger partial charge in [-0.1, -0.05) is 31.2 Å². The molecule has 1 aliphatic heterocycles. The zero-order chi connectivity index (χ0) is 16.1. The Hall–Kier alpha value is -2.13. The number of benzene rings is 1. The summed E-state index contributed by atoms with van der Waals surface area (Å²) >= 11 is 0. The van der Waals surface area contributed by atoms with E-state index >= 15 is 0 Å². The van der Waals surface area contributed by atoms with Crippen LogP contribution in [0.15, 0.2) is 54.9 Å². The number of carbonyl (C=O) groups is 1. The van der Waals surface area contributed by atoms with Crippen molar-refractivity contribution in [3.8, 4) is 0 Å². The summed E-state index contributed by atoms with van der Waals surface area (Å²) in [4.78, 5) is 14.6. The number of aromatic nitrogens is 1. The van der Waals surface area contributed by atoms with Crippen molar-refractivity contribution in [2.75, 3.05) is 18.0 Å². The third kappa shape index (κ3) is 4.45. The molecule has 0 atom stereocenters. The van der Waals surface area contributed by atoms with E-state index < -0.39 is 0 Å². The van der Waals surface area contributed by atoms with Crippen molar-refractivity contribution in [3.05, 3.63) is 66.0 Å². The number of anilines is 1. The van der Waals surface area contributed by atoms with Crippen molar-refractivity contribution in [3.63, 3.8) is 0 Å². The van der Waals surface area contributed by atoms with Gasteiger partial charge in [0.1, 0.15) is 0 Å². The lowest BCUT2D eigenvalue weighted by Crippen LogP contribution is -3.00. The number of aryl methyl sites for hydroxylation is 1. The second-order valence-electron chi connectivity index (χ2n) is 5.93. The maximum absolute atomic E-state index is 12.2. The molecule has 3 rings (SSSR count). The van der Waals surface area contributed by atoms with Gasteiger partial charge in [0.25, 0.3) is 0 Å². The number of nitrogens with zero attached hydrogens (tertiary/aromatic N) is 2. The Bertz CT molecular complexity index is 687. The maximum Gasteiger partial charge on any atom is 0.191 e. The summed E-state index contributed by atoms with van der Waals surface area (Å²) in [6.45, 7) is 4.40. The molecule has 0 radical (unpaired) electrons. The Morgan fingerprint density at radius 2 is 1.71 bits per heavy atom. The molecule has 1 fully saturated rings. The van der Waals surface area contributed by atoms with E-state index in [1.807, 2.05) is 47.4 Å². The molecule has 1 aliphatic rings. The van der Waals surface area contributed by atoms with Gasteiger partial charge in [0.2, 0.25) is 0 Å². The summed E-state index contributed by atoms with van der Waals surface area (Å²) in [5, 5.41) is 0. The van der Waals surface area contributed by atoms with Gasteiger partial charge in [-0.3, -0.25) is 4.79 Å². The van der Waals surface area contributed by atoms with Crippen LogP contribution in [-0.4, -0.2) is 18.9 Å². The van der Waals surface area contributed by atoms with Crippen molar-refractivity contribution in [2.45, 2.75) is 26.2 Å². The lowest BCUT2D eigenvalue weighted by atomic mass is 10.1. The quantitative estimate of drug-likeness (QED) is 0.449. The number of ketones is 1. The van der Waals surface area contributed by atoms with Crippen molar-refractivity contribution in [1.82, 2.24) is 0 Å². The molecule has 0 spiro atoms. The lowest BCUT2D eigenvalue weighted by Gasteiger charge is -2.15. The van der Waals surface area contributed by atoms with Gasteiger partial charge in [-0.25, -0.2) is 0 Å². The summed E-state index contributed by atoms with van der Waals surface area (Å²) in [5.41, 5.74) is 3.23. The van der Waals surface area contributed by atoms with Crippen LogP contribution < -0.4 is 21.9 Å². The monoisotopic (exact) mass is 342 g/mol. The lowest BCUT2D eigenvalue weighted by molar-refractivity contribution is -0.568. The van der Waals surface area contributed by atoms with Crippen LogP contribution >= 0.6 is 0 Å². The van der Waals surface area contributed by atoms with Crippen LogP contribution in [0.1, 0.15) is 35.7 Å². The van der Waals surface area contributed by atoms with Crippen molar-refractivity contribution < 1.29 is 21.8 Å². The molecule has 0 unspecified atom stereocenters. The number of rotatable bonds is 5. The van der Waals surface area contributed by atoms with Gasteiger partial charge in [-0.05, 0) is 24.8 Å². The molecule has 0 amide bonds. The molecule has 0 bridgehead atoms. The molecule has 0 aliphatic carbocycles. The van der Waals surface area contributed by atoms with Gasteiger partial charge in [-0.15, -0.1) is 0 Å². The van der Waals surface area contributed by atoms with Crippen LogP contribution in [0.2, 0.25) is 0 Å². The number of hydrogen-bond acceptors (Lipinski definition) is 2. The van der Waals surface area contributed by atoms with Gasteiger partial charge >= 0.3 is 0 Å². The van der Waals surface area contributed by atoms with Crippen molar-refractivity contribution in [1.29, 1.82) is 0 Å². The van der Waals surface area contributed by atoms with E-state index in [0.717, 1.165) is 25.1 Å². The molecule has 1 aromatic carbocycles. The predicted octanol–water partition coefficient (Wildman–Crippen LogP) is 0.494. The molecule has 2 heterocycles. The molecule has 24 heavy (non-hydrogen) atoms. The summed E-state index contributed by atoms with van der Waals surface area (Å²) in [6.07, 6.45) is 11.0. The van der Waals surface area contributed by atoms with E-state index in [4.69, 9.17) is 0 Å². The van der Waals surface area contributed by atoms with Crippen LogP contribution in [0, 0.1) is 0 Å². The van der Waals surface area contributed by atoms with Gasteiger partial charge < -0.3 is 17.3 Å². The van der Waals surface area contributed by atoms with Crippen LogP contribution in [0.4, 0.5) is 5.69 Å². The Balaban J connectivity index is 0.00000208. The maximum atomic E-state index is 12.2. The van der Waals surface area contributed by atoms with Gasteiger partial charge in [0.05, 0.1) is 6.08 Å². The normalized spacial score (nSPS) is 14.0. The molecule has 1 saturated heterocycles. The Kier molecular flexibility index (Phi) is 6.56. The fraction of sp³-hybridized carbons (Fsp3) is 0.300. The van der Waals surface area contributed by atoms with Crippen LogP contribution in [0.5, 0.6) is 0 Å². The van der Waals surface area contributed by atoms with Crippen LogP contribution in [-0.2, 0) is 6.42 Å². The Labute approximate surface area is 150 Å². The fourth-order valence-corrected chi connectivity index (χ4v) is 2.87. The van der Waals surface area contributed by atoms with Crippen molar-refractivity contribution in [2.24, 2.45) is 0 Å². The minimum Gasteiger partial charge on any atom is -1.00 e. The summed E-state index contributed by atoms with van der Waals surface area (Å²) in [5.74, 6) is 0.0313. The highest BCUT2D eigenvalue weighted by Gasteiger charge is 2.13. The number of halogens is 1. The van der Waals surface area contributed by atoms with E-state index in [1.165, 1.54) is 24.1 Å². The molecule has 2 aromatic rings. The zero-order valence-corrected chi connectivity index (χ0v) is 14.7. The Morgan fingerprint density at radius 3 is 2.29 bits per heavy atom. The molecule has 1 aromatic heterocycles. The molecule has 0 N–H and O–H groups in total. The highest BCUT2D eigenvalue weighted by atomic mass is 35.5. The van der Waals surface area contributed by atoms with Gasteiger partial charge in [0, 0.05) is 36.5 Å². The third-order valence-corrected chi connectivity index (χ3v) is 4.35. The average molecular weight is 343 g/mol. The van der Waals surface area contributed by atoms with Gasteiger partial charge in [0.15, 0.2) is 24.4 Å². The standard InChI is InChI=1S/C20H23N2O.ClH/c1-2-17-5-7-18(8-6-17)20(23)11-16-21-14-9-19(10-15-21)22-12-3-4-13-22;/h5-11,14-16H,2-4,12-13H2,1H3;1H/q+1;/p-1. The van der Waals surface area contributed by atoms with Crippen molar-refractivity contribution >= 4 is 17.7 Å². The third-order valence-electron chi connectivity index (χ3n) is 4.35. The molecule has 3 nitrogen and oxygen atoms in total. The predicted molar refractivity (Wildman–Crippen MR) is 93.6 cm³/mol. The van der Waals surface area contributed by atoms with E-state index in [2.05, 4.69) is 24.0 Å². The van der Waals surface area contributed by atoms with E-state index in [9.17, 15) is 4.79 Å². The van der Waals surface area contributed by atoms with E-state index in [0.29, 0.717) is 0 Å². The first-order valence-electron chi connectivity index (χ1n) is 8.33. The first-order chi connectivity index (χ1) is 11.3. The smallest absolute Gasteiger partial charge is 0.191 e. The molecular weight excluding hydrogens is 320 g/mol. The second-order valence-corrected chi connectivity index (χ2v) is 5.93. The number of hydrogen-bond donors (Lipinski definition) is 0. The average Bonchev–Trinajstić information content (AvgIpc) is 3.15. The zero-order valence-electron chi connectivity index (χ0n) is 14.0. The SMILES string of the molecule is CCc1ccc(C(=O)C=C[n+]2ccc(N3CCCC3)cc2)cc1.[Cl-]. The van der Waals surface area contributed by atoms with E-state index in [1.54, 1.807) is 6.08 Å². The number of carbonyl (C=O) groups excluding carboxylic acids is 1. The first-order valence-corrected chi connectivity index (χ1v) is 8.33. The summed E-state index contributed by atoms with van der Waals surface area (Å²) in [7, 11) is 0. The molecule has 4 heteroatoms. The number of pyridine rings is 1. The molecule has 126 valence electrons. The molecular formula is C20H23ClN2O. The fourth-order valence-electron chi connectivity index (χ4n) is 2.87. The van der Waals surface area contributed by atoms with Crippen LogP contribution in [0.25, 0.3) is 6.20 Å². The highest BCUT2D eigenvalue weighted by Crippen LogP contribution is 2.17. The topological polar surface area (TPSA) is 24.2 Å². The second kappa shape index (κ2) is 8.65. The summed E-state index contributed by atoms with van der Waals surface area (Å²) < 4.78 is 1.91. The minimum atomic E-state index is 0. The van der Waals surface area contributed by atoms with Gasteiger partial charge in [-0.2, -0.15) is 4.57 Å². The largest absolute Gasteiger partial charge is 1.00 e. The van der Waals surface area contributed by atoms with Crippen LogP contribution in [0.3, 0.4) is 0 Å². The summed E-state index contributed by atoms with van der Waals surface area (Å²) in [6, 6.07) is 12.0. The van der Waals surface area contributed by atoms with E-state index in [-0.39, 0.29) is 18.2 Å². The molecule has 0 saturated carbocycles. The minimum absolute atomic E-state index is 0. The Morgan fingerprint density at radius 1 is 1.08 bits per heavy atom. The first kappa shape index (κ1) is 18.2. The number of allylic oxidation sites excluding steroid dienone is 1.